The second kappa shape index (κ2) is 6.55. The van der Waals surface area contributed by atoms with E-state index >= 15 is 0 Å². The predicted octanol–water partition coefficient (Wildman–Crippen LogP) is 1.17. The van der Waals surface area contributed by atoms with Gasteiger partial charge in [0.25, 0.3) is 11.5 Å². The molecule has 0 unspecified atom stereocenters. The molecule has 26 heavy (non-hydrogen) atoms. The summed E-state index contributed by atoms with van der Waals surface area (Å²) in [5, 5.41) is 8.58. The summed E-state index contributed by atoms with van der Waals surface area (Å²) in [6.07, 6.45) is 3.50. The van der Waals surface area contributed by atoms with E-state index in [9.17, 15) is 9.59 Å². The fourth-order valence-electron chi connectivity index (χ4n) is 3.32. The first-order valence-corrected chi connectivity index (χ1v) is 8.43. The smallest absolute Gasteiger partial charge is 0.279 e. The van der Waals surface area contributed by atoms with Crippen LogP contribution in [0.2, 0.25) is 0 Å². The van der Waals surface area contributed by atoms with Gasteiger partial charge in [-0.25, -0.2) is 4.98 Å². The van der Waals surface area contributed by atoms with Crippen LogP contribution in [-0.4, -0.2) is 42.1 Å². The highest BCUT2D eigenvalue weighted by Gasteiger charge is 2.31. The number of aromatic nitrogens is 5. The summed E-state index contributed by atoms with van der Waals surface area (Å²) in [5.41, 5.74) is 0.576. The molecular formula is C18H18N6O2. The predicted molar refractivity (Wildman–Crippen MR) is 93.6 cm³/mol. The molecule has 0 aliphatic carbocycles. The molecule has 4 rings (SSSR count). The topological polar surface area (TPSA) is 96.8 Å². The van der Waals surface area contributed by atoms with E-state index in [0.717, 1.165) is 17.2 Å². The van der Waals surface area contributed by atoms with Crippen LogP contribution in [0.3, 0.4) is 0 Å². The molecule has 8 nitrogen and oxygen atoms in total. The molecule has 3 heterocycles. The fraction of sp³-hybridized carbons (Fsp3) is 0.278. The van der Waals surface area contributed by atoms with Crippen LogP contribution in [0.5, 0.6) is 0 Å². The van der Waals surface area contributed by atoms with Gasteiger partial charge < -0.3 is 14.5 Å². The maximum absolute atomic E-state index is 12.7. The Morgan fingerprint density at radius 2 is 2.08 bits per heavy atom. The molecule has 1 atom stereocenters. The summed E-state index contributed by atoms with van der Waals surface area (Å²) in [5.74, 6) is 1.20. The van der Waals surface area contributed by atoms with Crippen LogP contribution < -0.4 is 5.56 Å². The lowest BCUT2D eigenvalue weighted by molar-refractivity contribution is 0.0671. The molecule has 0 saturated carbocycles. The second-order valence-corrected chi connectivity index (χ2v) is 6.37. The molecule has 0 bridgehead atoms. The normalized spacial score (nSPS) is 16.3. The van der Waals surface area contributed by atoms with Crippen molar-refractivity contribution in [3.05, 3.63) is 76.0 Å². The zero-order chi connectivity index (χ0) is 18.1. The van der Waals surface area contributed by atoms with Crippen molar-refractivity contribution >= 4 is 5.91 Å². The van der Waals surface area contributed by atoms with Gasteiger partial charge in [-0.1, -0.05) is 30.3 Å². The molecule has 1 aliphatic heterocycles. The summed E-state index contributed by atoms with van der Waals surface area (Å²) < 4.78 is 2.08. The first kappa shape index (κ1) is 16.2. The summed E-state index contributed by atoms with van der Waals surface area (Å²) in [4.78, 5) is 32.5. The Balaban J connectivity index is 1.59. The van der Waals surface area contributed by atoms with Gasteiger partial charge in [-0.05, 0) is 12.5 Å². The van der Waals surface area contributed by atoms with E-state index in [-0.39, 0.29) is 11.7 Å². The average Bonchev–Trinajstić information content (AvgIpc) is 3.06. The molecule has 3 aromatic rings. The lowest BCUT2D eigenvalue weighted by Crippen LogP contribution is -2.42. The molecular weight excluding hydrogens is 332 g/mol. The molecule has 0 spiro atoms. The van der Waals surface area contributed by atoms with E-state index in [2.05, 4.69) is 36.9 Å². The molecule has 2 aromatic heterocycles. The molecule has 1 aliphatic rings. The number of aromatic amines is 1. The maximum atomic E-state index is 12.7. The van der Waals surface area contributed by atoms with E-state index in [1.165, 1.54) is 12.4 Å². The van der Waals surface area contributed by atoms with Crippen molar-refractivity contribution in [2.24, 2.45) is 0 Å². The van der Waals surface area contributed by atoms with Gasteiger partial charge in [0.15, 0.2) is 11.5 Å². The van der Waals surface area contributed by atoms with Crippen molar-refractivity contribution in [3.8, 4) is 0 Å². The summed E-state index contributed by atoms with van der Waals surface area (Å²) in [6, 6.07) is 10.1. The van der Waals surface area contributed by atoms with E-state index < -0.39 is 11.5 Å². The molecule has 1 aromatic carbocycles. The minimum atomic E-state index is -0.484. The molecule has 0 radical (unpaired) electrons. The number of carbonyl (C=O) groups excluding carboxylic acids is 1. The van der Waals surface area contributed by atoms with Crippen molar-refractivity contribution < 1.29 is 4.79 Å². The van der Waals surface area contributed by atoms with E-state index in [1.54, 1.807) is 4.90 Å². The Morgan fingerprint density at radius 1 is 1.27 bits per heavy atom. The van der Waals surface area contributed by atoms with Crippen LogP contribution in [0.25, 0.3) is 0 Å². The van der Waals surface area contributed by atoms with Crippen molar-refractivity contribution in [3.63, 3.8) is 0 Å². The van der Waals surface area contributed by atoms with Crippen molar-refractivity contribution in [2.75, 3.05) is 6.54 Å². The van der Waals surface area contributed by atoms with Gasteiger partial charge >= 0.3 is 0 Å². The van der Waals surface area contributed by atoms with Crippen LogP contribution in [0.4, 0.5) is 0 Å². The van der Waals surface area contributed by atoms with Gasteiger partial charge in [0.1, 0.15) is 5.82 Å². The number of rotatable bonds is 3. The molecule has 0 fully saturated rings. The molecule has 0 saturated heterocycles. The van der Waals surface area contributed by atoms with Gasteiger partial charge in [0, 0.05) is 25.4 Å². The highest BCUT2D eigenvalue weighted by molar-refractivity contribution is 5.91. The summed E-state index contributed by atoms with van der Waals surface area (Å²) >= 11 is 0. The van der Waals surface area contributed by atoms with Gasteiger partial charge in [0.05, 0.1) is 12.6 Å². The SMILES string of the molecule is C[C@H]1CN(C(=O)c2ncc[nH]c2=O)Cc2nnc(Cc3ccccc3)n21. The van der Waals surface area contributed by atoms with Gasteiger partial charge in [0.2, 0.25) is 0 Å². The lowest BCUT2D eigenvalue weighted by Gasteiger charge is -2.32. The van der Waals surface area contributed by atoms with Gasteiger partial charge in [-0.15, -0.1) is 10.2 Å². The summed E-state index contributed by atoms with van der Waals surface area (Å²) in [6.45, 7) is 2.80. The third kappa shape index (κ3) is 2.90. The number of nitrogens with one attached hydrogen (secondary N) is 1. The third-order valence-corrected chi connectivity index (χ3v) is 4.50. The van der Waals surface area contributed by atoms with Gasteiger partial charge in [-0.2, -0.15) is 0 Å². The number of hydrogen-bond acceptors (Lipinski definition) is 5. The quantitative estimate of drug-likeness (QED) is 0.765. The number of benzene rings is 1. The summed E-state index contributed by atoms with van der Waals surface area (Å²) in [7, 11) is 0. The van der Waals surface area contributed by atoms with Crippen LogP contribution >= 0.6 is 0 Å². The largest absolute Gasteiger partial charge is 0.328 e. The molecule has 1 N–H and O–H groups in total. The average molecular weight is 350 g/mol. The highest BCUT2D eigenvalue weighted by atomic mass is 16.2. The minimum absolute atomic E-state index is 0.0132. The first-order valence-electron chi connectivity index (χ1n) is 8.43. The minimum Gasteiger partial charge on any atom is -0.328 e. The Bertz CT molecular complexity index is 994. The fourth-order valence-corrected chi connectivity index (χ4v) is 3.32. The first-order chi connectivity index (χ1) is 12.6. The number of hydrogen-bond donors (Lipinski definition) is 1. The number of carbonyl (C=O) groups is 1. The van der Waals surface area contributed by atoms with E-state index in [1.807, 2.05) is 25.1 Å². The lowest BCUT2D eigenvalue weighted by atomic mass is 10.1. The highest BCUT2D eigenvalue weighted by Crippen LogP contribution is 2.23. The van der Waals surface area contributed by atoms with Gasteiger partial charge in [-0.3, -0.25) is 9.59 Å². The number of H-pyrrole nitrogens is 1. The number of nitrogens with zero attached hydrogens (tertiary/aromatic N) is 5. The Morgan fingerprint density at radius 3 is 2.85 bits per heavy atom. The molecule has 1 amide bonds. The maximum Gasteiger partial charge on any atom is 0.279 e. The second-order valence-electron chi connectivity index (χ2n) is 6.37. The Hall–Kier alpha value is -3.29. The van der Waals surface area contributed by atoms with Crippen LogP contribution in [0.1, 0.15) is 40.7 Å². The Labute approximate surface area is 149 Å². The number of fused-ring (bicyclic) bond motifs is 1. The molecule has 8 heteroatoms. The van der Waals surface area contributed by atoms with Crippen LogP contribution in [-0.2, 0) is 13.0 Å². The van der Waals surface area contributed by atoms with Crippen LogP contribution in [0.15, 0.2) is 47.5 Å². The van der Waals surface area contributed by atoms with Crippen molar-refractivity contribution in [1.29, 1.82) is 0 Å². The van der Waals surface area contributed by atoms with Crippen molar-refractivity contribution in [2.45, 2.75) is 25.9 Å². The van der Waals surface area contributed by atoms with E-state index in [4.69, 9.17) is 0 Å². The third-order valence-electron chi connectivity index (χ3n) is 4.50. The van der Waals surface area contributed by atoms with Crippen molar-refractivity contribution in [1.82, 2.24) is 29.6 Å². The number of amides is 1. The standard InChI is InChI=1S/C18H18N6O2/c1-12-10-23(18(26)16-17(25)20-8-7-19-16)11-15-22-21-14(24(12)15)9-13-5-3-2-4-6-13/h2-8,12H,9-11H2,1H3,(H,20,25)/t12-/m0/s1. The zero-order valence-electron chi connectivity index (χ0n) is 14.3. The van der Waals surface area contributed by atoms with Crippen LogP contribution in [0, 0.1) is 0 Å². The van der Waals surface area contributed by atoms with E-state index in [0.29, 0.717) is 19.5 Å². The molecule has 132 valence electrons. The zero-order valence-corrected chi connectivity index (χ0v) is 14.3. The Kier molecular flexibility index (Phi) is 4.08. The monoisotopic (exact) mass is 350 g/mol.